The summed E-state index contributed by atoms with van der Waals surface area (Å²) in [5.74, 6) is 2.05. The van der Waals surface area contributed by atoms with E-state index in [0.717, 1.165) is 33.9 Å². The van der Waals surface area contributed by atoms with Crippen LogP contribution in [0.15, 0.2) is 66.7 Å². The molecule has 5 rings (SSSR count). The van der Waals surface area contributed by atoms with Crippen molar-refractivity contribution < 1.29 is 9.53 Å². The van der Waals surface area contributed by atoms with Gasteiger partial charge in [0.1, 0.15) is 18.2 Å². The maximum atomic E-state index is 12.9. The number of aromatic nitrogens is 2. The van der Waals surface area contributed by atoms with E-state index in [4.69, 9.17) is 9.72 Å². The number of nitrogens with zero attached hydrogens (tertiary/aromatic N) is 3. The summed E-state index contributed by atoms with van der Waals surface area (Å²) in [6, 6.07) is 22.6. The molecule has 0 bridgehead atoms. The van der Waals surface area contributed by atoms with Crippen molar-refractivity contribution >= 4 is 22.6 Å². The number of carbonyl (C=O) groups is 1. The standard InChI is InChI=1S/C28H29N3O2/c1-19-7-6-8-23(14-19)31-18-22(17-27(31)32)28-29-25-9-4-5-10-26(25)30(28)11-12-33-24-15-20(2)13-21(3)16-24/h4-10,13-16,22H,11-12,17-18H2,1-3H3. The summed E-state index contributed by atoms with van der Waals surface area (Å²) < 4.78 is 8.34. The Morgan fingerprint density at radius 1 is 0.939 bits per heavy atom. The van der Waals surface area contributed by atoms with Crippen molar-refractivity contribution in [2.75, 3.05) is 18.1 Å². The minimum absolute atomic E-state index is 0.0478. The van der Waals surface area contributed by atoms with Crippen molar-refractivity contribution in [2.45, 2.75) is 39.7 Å². The number of benzene rings is 3. The second kappa shape index (κ2) is 8.74. The molecule has 0 spiro atoms. The molecule has 1 fully saturated rings. The number of aryl methyl sites for hydroxylation is 3. The first-order valence-corrected chi connectivity index (χ1v) is 11.5. The quantitative estimate of drug-likeness (QED) is 0.395. The molecule has 5 nitrogen and oxygen atoms in total. The highest BCUT2D eigenvalue weighted by Crippen LogP contribution is 2.33. The lowest BCUT2D eigenvalue weighted by Gasteiger charge is -2.18. The number of fused-ring (bicyclic) bond motifs is 1. The number of amides is 1. The Morgan fingerprint density at radius 3 is 2.52 bits per heavy atom. The van der Waals surface area contributed by atoms with Gasteiger partial charge in [0.05, 0.1) is 17.6 Å². The highest BCUT2D eigenvalue weighted by Gasteiger charge is 2.34. The molecular formula is C28H29N3O2. The van der Waals surface area contributed by atoms with Gasteiger partial charge in [0.2, 0.25) is 5.91 Å². The second-order valence-corrected chi connectivity index (χ2v) is 9.03. The lowest BCUT2D eigenvalue weighted by Crippen LogP contribution is -2.24. The maximum absolute atomic E-state index is 12.9. The van der Waals surface area contributed by atoms with Crippen molar-refractivity contribution in [2.24, 2.45) is 0 Å². The third-order valence-electron chi connectivity index (χ3n) is 6.27. The Balaban J connectivity index is 1.40. The van der Waals surface area contributed by atoms with Gasteiger partial charge < -0.3 is 14.2 Å². The molecular weight excluding hydrogens is 410 g/mol. The fourth-order valence-corrected chi connectivity index (χ4v) is 4.84. The molecule has 0 saturated carbocycles. The van der Waals surface area contributed by atoms with Crippen molar-refractivity contribution in [3.8, 4) is 5.75 Å². The molecule has 168 valence electrons. The van der Waals surface area contributed by atoms with Gasteiger partial charge in [-0.2, -0.15) is 0 Å². The van der Waals surface area contributed by atoms with E-state index in [1.165, 1.54) is 11.1 Å². The van der Waals surface area contributed by atoms with Crippen molar-refractivity contribution in [3.63, 3.8) is 0 Å². The van der Waals surface area contributed by atoms with Crippen LogP contribution in [-0.2, 0) is 11.3 Å². The smallest absolute Gasteiger partial charge is 0.227 e. The summed E-state index contributed by atoms with van der Waals surface area (Å²) in [6.07, 6.45) is 0.467. The molecule has 0 N–H and O–H groups in total. The Kier molecular flexibility index (Phi) is 5.63. The molecule has 0 aliphatic carbocycles. The summed E-state index contributed by atoms with van der Waals surface area (Å²) in [5, 5.41) is 0. The molecule has 1 aliphatic rings. The van der Waals surface area contributed by atoms with Crippen LogP contribution in [0.25, 0.3) is 11.0 Å². The first-order valence-electron chi connectivity index (χ1n) is 11.5. The zero-order valence-electron chi connectivity index (χ0n) is 19.4. The number of carbonyl (C=O) groups excluding carboxylic acids is 1. The van der Waals surface area contributed by atoms with Crippen molar-refractivity contribution in [1.29, 1.82) is 0 Å². The molecule has 1 aliphatic heterocycles. The highest BCUT2D eigenvalue weighted by molar-refractivity contribution is 5.96. The van der Waals surface area contributed by atoms with Gasteiger partial charge in [0.15, 0.2) is 0 Å². The average Bonchev–Trinajstić information content (AvgIpc) is 3.34. The predicted octanol–water partition coefficient (Wildman–Crippen LogP) is 5.56. The number of hydrogen-bond acceptors (Lipinski definition) is 3. The minimum Gasteiger partial charge on any atom is -0.492 e. The molecule has 1 aromatic heterocycles. The van der Waals surface area contributed by atoms with Crippen LogP contribution in [0.2, 0.25) is 0 Å². The number of para-hydroxylation sites is 2. The minimum atomic E-state index is 0.0478. The summed E-state index contributed by atoms with van der Waals surface area (Å²) in [4.78, 5) is 19.8. The Labute approximate surface area is 194 Å². The number of hydrogen-bond donors (Lipinski definition) is 0. The molecule has 1 amide bonds. The summed E-state index contributed by atoms with van der Waals surface area (Å²) in [7, 11) is 0. The van der Waals surface area contributed by atoms with Crippen LogP contribution in [-0.4, -0.2) is 28.6 Å². The van der Waals surface area contributed by atoms with Crippen LogP contribution < -0.4 is 9.64 Å². The number of anilines is 1. The Morgan fingerprint density at radius 2 is 1.73 bits per heavy atom. The van der Waals surface area contributed by atoms with Gasteiger partial charge in [-0.05, 0) is 73.9 Å². The lowest BCUT2D eigenvalue weighted by molar-refractivity contribution is -0.117. The van der Waals surface area contributed by atoms with E-state index in [1.807, 2.05) is 35.2 Å². The van der Waals surface area contributed by atoms with Crippen LogP contribution in [0, 0.1) is 20.8 Å². The molecule has 3 aromatic carbocycles. The summed E-state index contributed by atoms with van der Waals surface area (Å²) >= 11 is 0. The molecule has 1 unspecified atom stereocenters. The summed E-state index contributed by atoms with van der Waals surface area (Å²) in [5.41, 5.74) is 6.54. The van der Waals surface area contributed by atoms with Crippen LogP contribution >= 0.6 is 0 Å². The Bertz CT molecular complexity index is 1300. The molecule has 1 saturated heterocycles. The molecule has 2 heterocycles. The van der Waals surface area contributed by atoms with Crippen LogP contribution in [0.5, 0.6) is 5.75 Å². The van der Waals surface area contributed by atoms with E-state index < -0.39 is 0 Å². The monoisotopic (exact) mass is 439 g/mol. The van der Waals surface area contributed by atoms with E-state index >= 15 is 0 Å². The first-order chi connectivity index (χ1) is 16.0. The van der Waals surface area contributed by atoms with Gasteiger partial charge in [0.25, 0.3) is 0 Å². The molecule has 0 radical (unpaired) electrons. The molecule has 33 heavy (non-hydrogen) atoms. The van der Waals surface area contributed by atoms with E-state index in [1.54, 1.807) is 0 Å². The van der Waals surface area contributed by atoms with Gasteiger partial charge >= 0.3 is 0 Å². The van der Waals surface area contributed by atoms with Gasteiger partial charge in [-0.1, -0.05) is 30.3 Å². The summed E-state index contributed by atoms with van der Waals surface area (Å²) in [6.45, 7) is 8.08. The number of imidazole rings is 1. The van der Waals surface area contributed by atoms with E-state index in [2.05, 4.69) is 61.7 Å². The topological polar surface area (TPSA) is 47.4 Å². The predicted molar refractivity (Wildman–Crippen MR) is 132 cm³/mol. The van der Waals surface area contributed by atoms with Crippen molar-refractivity contribution in [1.82, 2.24) is 9.55 Å². The van der Waals surface area contributed by atoms with Gasteiger partial charge in [-0.25, -0.2) is 4.98 Å². The third-order valence-corrected chi connectivity index (χ3v) is 6.27. The normalized spacial score (nSPS) is 16.0. The maximum Gasteiger partial charge on any atom is 0.227 e. The largest absolute Gasteiger partial charge is 0.492 e. The fourth-order valence-electron chi connectivity index (χ4n) is 4.84. The lowest BCUT2D eigenvalue weighted by atomic mass is 10.1. The van der Waals surface area contributed by atoms with E-state index in [0.29, 0.717) is 26.1 Å². The highest BCUT2D eigenvalue weighted by atomic mass is 16.5. The van der Waals surface area contributed by atoms with Gasteiger partial charge in [-0.3, -0.25) is 4.79 Å². The third kappa shape index (κ3) is 4.36. The zero-order valence-corrected chi connectivity index (χ0v) is 19.4. The van der Waals surface area contributed by atoms with Crippen LogP contribution in [0.1, 0.15) is 34.9 Å². The fraction of sp³-hybridized carbons (Fsp3) is 0.286. The van der Waals surface area contributed by atoms with Gasteiger partial charge in [0, 0.05) is 24.6 Å². The molecule has 1 atom stereocenters. The first kappa shape index (κ1) is 21.3. The molecule has 4 aromatic rings. The van der Waals surface area contributed by atoms with Crippen LogP contribution in [0.3, 0.4) is 0 Å². The SMILES string of the molecule is Cc1cc(C)cc(OCCn2c(C3CC(=O)N(c4cccc(C)c4)C3)nc3ccccc32)c1. The van der Waals surface area contributed by atoms with Gasteiger partial charge in [-0.15, -0.1) is 0 Å². The molecule has 5 heteroatoms. The second-order valence-electron chi connectivity index (χ2n) is 9.03. The van der Waals surface area contributed by atoms with E-state index in [9.17, 15) is 4.79 Å². The average molecular weight is 440 g/mol. The number of ether oxygens (including phenoxy) is 1. The zero-order chi connectivity index (χ0) is 22.9. The number of rotatable bonds is 6. The Hall–Kier alpha value is -3.60. The van der Waals surface area contributed by atoms with Crippen molar-refractivity contribution in [3.05, 3.63) is 89.2 Å². The van der Waals surface area contributed by atoms with E-state index in [-0.39, 0.29) is 11.8 Å². The van der Waals surface area contributed by atoms with Crippen LogP contribution in [0.4, 0.5) is 5.69 Å².